The van der Waals surface area contributed by atoms with Crippen LogP contribution >= 0.6 is 0 Å². The molecule has 0 saturated heterocycles. The number of carbonyl (C=O) groups is 2. The number of hydrazone groups is 1. The van der Waals surface area contributed by atoms with Crippen molar-refractivity contribution in [1.82, 2.24) is 5.43 Å². The summed E-state index contributed by atoms with van der Waals surface area (Å²) in [5, 5.41) is 15.1. The van der Waals surface area contributed by atoms with E-state index < -0.39 is 5.91 Å². The lowest BCUT2D eigenvalue weighted by Gasteiger charge is -2.07. The summed E-state index contributed by atoms with van der Waals surface area (Å²) >= 11 is 0. The van der Waals surface area contributed by atoms with Crippen molar-refractivity contribution in [2.45, 2.75) is 13.3 Å². The highest BCUT2D eigenvalue weighted by Crippen LogP contribution is 2.12. The summed E-state index contributed by atoms with van der Waals surface area (Å²) in [5.41, 5.74) is 4.95. The average molecular weight is 320 g/mol. The molecule has 2 amide bonds. The number of nitrogens with zero attached hydrogens (tertiary/aromatic N) is 2. The summed E-state index contributed by atoms with van der Waals surface area (Å²) in [4.78, 5) is 23.3. The number of amides is 2. The van der Waals surface area contributed by atoms with E-state index in [0.29, 0.717) is 17.0 Å². The van der Waals surface area contributed by atoms with Crippen LogP contribution in [0.25, 0.3) is 0 Å². The molecule has 2 rings (SSSR count). The predicted molar refractivity (Wildman–Crippen MR) is 91.4 cm³/mol. The minimum atomic E-state index is -0.455. The van der Waals surface area contributed by atoms with Crippen molar-refractivity contribution in [3.8, 4) is 6.07 Å². The number of rotatable bonds is 5. The van der Waals surface area contributed by atoms with Crippen molar-refractivity contribution < 1.29 is 9.59 Å². The van der Waals surface area contributed by atoms with Gasteiger partial charge in [-0.2, -0.15) is 10.4 Å². The molecule has 120 valence electrons. The molecule has 0 spiro atoms. The maximum atomic E-state index is 12.1. The van der Waals surface area contributed by atoms with Gasteiger partial charge in [-0.1, -0.05) is 30.3 Å². The number of benzene rings is 2. The van der Waals surface area contributed by atoms with E-state index in [1.54, 1.807) is 61.5 Å². The van der Waals surface area contributed by atoms with Crippen molar-refractivity contribution in [2.75, 3.05) is 5.32 Å². The van der Waals surface area contributed by atoms with Gasteiger partial charge in [-0.15, -0.1) is 0 Å². The van der Waals surface area contributed by atoms with Crippen LogP contribution in [0.4, 0.5) is 5.69 Å². The lowest BCUT2D eigenvalue weighted by molar-refractivity contribution is -0.120. The number of hydrogen-bond acceptors (Lipinski definition) is 4. The summed E-state index contributed by atoms with van der Waals surface area (Å²) in [5.74, 6) is -0.638. The Hall–Kier alpha value is -3.46. The van der Waals surface area contributed by atoms with Crippen LogP contribution < -0.4 is 10.7 Å². The van der Waals surface area contributed by atoms with Gasteiger partial charge >= 0.3 is 0 Å². The topological polar surface area (TPSA) is 94.3 Å². The van der Waals surface area contributed by atoms with E-state index in [2.05, 4.69) is 15.8 Å². The van der Waals surface area contributed by atoms with Crippen molar-refractivity contribution >= 4 is 23.2 Å². The minimum Gasteiger partial charge on any atom is -0.322 e. The molecule has 0 aliphatic heterocycles. The predicted octanol–water partition coefficient (Wildman–Crippen LogP) is 2.69. The number of carbonyl (C=O) groups excluding carboxylic acids is 2. The van der Waals surface area contributed by atoms with Crippen LogP contribution in [0.3, 0.4) is 0 Å². The molecule has 24 heavy (non-hydrogen) atoms. The number of anilines is 1. The quantitative estimate of drug-likeness (QED) is 0.655. The first-order valence-electron chi connectivity index (χ1n) is 7.27. The van der Waals surface area contributed by atoms with Crippen LogP contribution in [0.1, 0.15) is 29.3 Å². The SMILES string of the molecule is C/C(=N/NC(=O)CC#N)c1ccc(NC(=O)c2ccccc2)cc1. The Labute approximate surface area is 139 Å². The van der Waals surface area contributed by atoms with Gasteiger partial charge in [0.2, 0.25) is 0 Å². The Morgan fingerprint density at radius 1 is 1.04 bits per heavy atom. The summed E-state index contributed by atoms with van der Waals surface area (Å²) < 4.78 is 0. The van der Waals surface area contributed by atoms with E-state index in [4.69, 9.17) is 5.26 Å². The summed E-state index contributed by atoms with van der Waals surface area (Å²) in [6, 6.07) is 17.8. The highest BCUT2D eigenvalue weighted by Gasteiger charge is 2.06. The van der Waals surface area contributed by atoms with Gasteiger partial charge in [0, 0.05) is 11.3 Å². The molecule has 0 bridgehead atoms. The maximum Gasteiger partial charge on any atom is 0.255 e. The normalized spacial score (nSPS) is 10.6. The first-order chi connectivity index (χ1) is 11.6. The fraction of sp³-hybridized carbons (Fsp3) is 0.111. The third-order valence-electron chi connectivity index (χ3n) is 3.18. The molecule has 0 radical (unpaired) electrons. The Bertz CT molecular complexity index is 790. The fourth-order valence-electron chi connectivity index (χ4n) is 1.91. The van der Waals surface area contributed by atoms with E-state index in [1.165, 1.54) is 0 Å². The second kappa shape index (κ2) is 8.25. The lowest BCUT2D eigenvalue weighted by atomic mass is 10.1. The zero-order valence-corrected chi connectivity index (χ0v) is 13.1. The maximum absolute atomic E-state index is 12.1. The molecule has 0 saturated carbocycles. The van der Waals surface area contributed by atoms with Crippen molar-refractivity contribution in [2.24, 2.45) is 5.10 Å². The van der Waals surface area contributed by atoms with Gasteiger partial charge < -0.3 is 5.32 Å². The Morgan fingerprint density at radius 3 is 2.33 bits per heavy atom. The van der Waals surface area contributed by atoms with E-state index in [1.807, 2.05) is 6.07 Å². The Kier molecular flexibility index (Phi) is 5.81. The Balaban J connectivity index is 2.00. The molecule has 0 heterocycles. The van der Waals surface area contributed by atoms with Crippen LogP contribution in [0.5, 0.6) is 0 Å². The molecule has 0 unspecified atom stereocenters. The van der Waals surface area contributed by atoms with Gasteiger partial charge in [-0.05, 0) is 36.8 Å². The molecule has 6 nitrogen and oxygen atoms in total. The van der Waals surface area contributed by atoms with Crippen LogP contribution in [0.2, 0.25) is 0 Å². The molecule has 0 atom stereocenters. The number of nitrogens with one attached hydrogen (secondary N) is 2. The molecule has 2 N–H and O–H groups in total. The van der Waals surface area contributed by atoms with Crippen molar-refractivity contribution in [3.63, 3.8) is 0 Å². The van der Waals surface area contributed by atoms with Gasteiger partial charge in [0.05, 0.1) is 11.8 Å². The van der Waals surface area contributed by atoms with E-state index in [0.717, 1.165) is 5.56 Å². The summed E-state index contributed by atoms with van der Waals surface area (Å²) in [6.45, 7) is 1.74. The standard InChI is InChI=1S/C18H16N4O2/c1-13(21-22-17(23)11-12-19)14-7-9-16(10-8-14)20-18(24)15-5-3-2-4-6-15/h2-10H,11H2,1H3,(H,20,24)(H,22,23)/b21-13-. The molecule has 2 aromatic carbocycles. The summed E-state index contributed by atoms with van der Waals surface area (Å²) in [7, 11) is 0. The van der Waals surface area contributed by atoms with Crippen LogP contribution in [-0.2, 0) is 4.79 Å². The molecular weight excluding hydrogens is 304 g/mol. The van der Waals surface area contributed by atoms with Gasteiger partial charge in [0.25, 0.3) is 11.8 Å². The van der Waals surface area contributed by atoms with Crippen molar-refractivity contribution in [3.05, 3.63) is 65.7 Å². The number of nitriles is 1. The molecule has 0 aromatic heterocycles. The highest BCUT2D eigenvalue weighted by atomic mass is 16.2. The molecule has 0 fully saturated rings. The third-order valence-corrected chi connectivity index (χ3v) is 3.18. The van der Waals surface area contributed by atoms with Crippen molar-refractivity contribution in [1.29, 1.82) is 5.26 Å². The first-order valence-corrected chi connectivity index (χ1v) is 7.27. The Morgan fingerprint density at radius 2 is 1.71 bits per heavy atom. The van der Waals surface area contributed by atoms with Gasteiger partial charge in [-0.3, -0.25) is 9.59 Å². The smallest absolute Gasteiger partial charge is 0.255 e. The minimum absolute atomic E-state index is 0.183. The molecule has 0 aliphatic rings. The zero-order chi connectivity index (χ0) is 17.4. The monoisotopic (exact) mass is 320 g/mol. The molecule has 0 aliphatic carbocycles. The fourth-order valence-corrected chi connectivity index (χ4v) is 1.91. The highest BCUT2D eigenvalue weighted by molar-refractivity contribution is 6.05. The molecule has 6 heteroatoms. The second-order valence-electron chi connectivity index (χ2n) is 4.96. The molecular formula is C18H16N4O2. The summed E-state index contributed by atoms with van der Waals surface area (Å²) in [6.07, 6.45) is -0.235. The molecule has 2 aromatic rings. The van der Waals surface area contributed by atoms with E-state index in [-0.39, 0.29) is 12.3 Å². The second-order valence-corrected chi connectivity index (χ2v) is 4.96. The number of hydrogen-bond donors (Lipinski definition) is 2. The van der Waals surface area contributed by atoms with Crippen LogP contribution in [0.15, 0.2) is 59.7 Å². The van der Waals surface area contributed by atoms with E-state index in [9.17, 15) is 9.59 Å². The third kappa shape index (κ3) is 4.78. The lowest BCUT2D eigenvalue weighted by Crippen LogP contribution is -2.18. The van der Waals surface area contributed by atoms with Gasteiger partial charge in [0.1, 0.15) is 6.42 Å². The average Bonchev–Trinajstić information content (AvgIpc) is 2.61. The van der Waals surface area contributed by atoms with Gasteiger partial charge in [-0.25, -0.2) is 5.43 Å². The van der Waals surface area contributed by atoms with Crippen LogP contribution in [0, 0.1) is 11.3 Å². The zero-order valence-electron chi connectivity index (χ0n) is 13.1. The van der Waals surface area contributed by atoms with Gasteiger partial charge in [0.15, 0.2) is 0 Å². The first kappa shape index (κ1) is 16.9. The van der Waals surface area contributed by atoms with Crippen LogP contribution in [-0.4, -0.2) is 17.5 Å². The van der Waals surface area contributed by atoms with E-state index >= 15 is 0 Å². The largest absolute Gasteiger partial charge is 0.322 e.